The Morgan fingerprint density at radius 1 is 1.00 bits per heavy atom. The van der Waals surface area contributed by atoms with Gasteiger partial charge in [-0.2, -0.15) is 0 Å². The Kier molecular flexibility index (Phi) is 6.13. The molecule has 2 aromatic carbocycles. The summed E-state index contributed by atoms with van der Waals surface area (Å²) in [6.45, 7) is 6.84. The Hall–Kier alpha value is -1.55. The second-order valence-corrected chi connectivity index (χ2v) is 7.16. The third-order valence-corrected chi connectivity index (χ3v) is 5.02. The van der Waals surface area contributed by atoms with E-state index in [2.05, 4.69) is 31.3 Å². The zero-order chi connectivity index (χ0) is 16.8. The van der Waals surface area contributed by atoms with Gasteiger partial charge in [0.2, 0.25) is 0 Å². The minimum Gasteiger partial charge on any atom is -0.487 e. The lowest BCUT2D eigenvalue weighted by molar-refractivity contribution is -1.00. The number of likely N-dealkylation sites (N-methyl/N-ethyl adjacent to an activating group) is 1. The lowest BCUT2D eigenvalue weighted by Gasteiger charge is -2.27. The number of benzene rings is 2. The molecule has 1 saturated heterocycles. The quantitative estimate of drug-likeness (QED) is 0.789. The molecule has 0 unspecified atom stereocenters. The molecule has 0 bridgehead atoms. The Bertz CT molecular complexity index is 639. The number of ether oxygens (including phenoxy) is 1. The van der Waals surface area contributed by atoms with Crippen LogP contribution in [0.5, 0.6) is 5.75 Å². The third kappa shape index (κ3) is 4.97. The van der Waals surface area contributed by atoms with E-state index in [0.717, 1.165) is 35.9 Å². The predicted octanol–water partition coefficient (Wildman–Crippen LogP) is 0.723. The minimum absolute atomic E-state index is 0.762. The first-order valence-corrected chi connectivity index (χ1v) is 9.18. The van der Waals surface area contributed by atoms with E-state index in [1.165, 1.54) is 31.7 Å². The molecule has 1 heterocycles. The van der Waals surface area contributed by atoms with Crippen LogP contribution in [0, 0.1) is 0 Å². The number of halogens is 1. The Morgan fingerprint density at radius 2 is 1.75 bits per heavy atom. The van der Waals surface area contributed by atoms with Gasteiger partial charge in [-0.3, -0.25) is 0 Å². The summed E-state index contributed by atoms with van der Waals surface area (Å²) in [5, 5.41) is 0.765. The monoisotopic (exact) mass is 346 g/mol. The maximum absolute atomic E-state index is 6.19. The van der Waals surface area contributed by atoms with Crippen molar-refractivity contribution in [2.75, 3.05) is 46.4 Å². The molecule has 1 fully saturated rings. The van der Waals surface area contributed by atoms with Gasteiger partial charge < -0.3 is 14.5 Å². The van der Waals surface area contributed by atoms with Crippen molar-refractivity contribution >= 4 is 11.6 Å². The highest BCUT2D eigenvalue weighted by Gasteiger charge is 2.19. The molecule has 0 radical (unpaired) electrons. The highest BCUT2D eigenvalue weighted by molar-refractivity contribution is 6.30. The molecule has 2 aromatic rings. The number of rotatable bonds is 6. The lowest BCUT2D eigenvalue weighted by atomic mass is 10.0. The zero-order valence-electron chi connectivity index (χ0n) is 14.4. The SMILES string of the molecule is C[NH+]1CC[NH+](CCOc2ccc(Cl)cc2Cc2ccccc2)CC1. The van der Waals surface area contributed by atoms with Crippen molar-refractivity contribution in [1.82, 2.24) is 0 Å². The van der Waals surface area contributed by atoms with Crippen LogP contribution in [-0.2, 0) is 6.42 Å². The number of nitrogens with one attached hydrogen (secondary N) is 2. The molecule has 128 valence electrons. The summed E-state index contributed by atoms with van der Waals surface area (Å²) >= 11 is 6.19. The van der Waals surface area contributed by atoms with E-state index in [-0.39, 0.29) is 0 Å². The van der Waals surface area contributed by atoms with E-state index in [9.17, 15) is 0 Å². The fourth-order valence-electron chi connectivity index (χ4n) is 3.23. The highest BCUT2D eigenvalue weighted by atomic mass is 35.5. The fraction of sp³-hybridized carbons (Fsp3) is 0.400. The van der Waals surface area contributed by atoms with Crippen LogP contribution in [0.15, 0.2) is 48.5 Å². The topological polar surface area (TPSA) is 18.1 Å². The molecule has 24 heavy (non-hydrogen) atoms. The average molecular weight is 347 g/mol. The molecular formula is C20H27ClN2O+2. The van der Waals surface area contributed by atoms with Crippen LogP contribution in [0.2, 0.25) is 5.02 Å². The summed E-state index contributed by atoms with van der Waals surface area (Å²) in [5.41, 5.74) is 2.43. The molecule has 0 aliphatic carbocycles. The summed E-state index contributed by atoms with van der Waals surface area (Å²) in [6.07, 6.45) is 0.849. The summed E-state index contributed by atoms with van der Waals surface area (Å²) in [5.74, 6) is 0.961. The molecule has 1 aliphatic rings. The Morgan fingerprint density at radius 3 is 2.50 bits per heavy atom. The molecule has 0 spiro atoms. The van der Waals surface area contributed by atoms with Crippen LogP contribution in [0.1, 0.15) is 11.1 Å². The van der Waals surface area contributed by atoms with E-state index in [1.807, 2.05) is 24.3 Å². The van der Waals surface area contributed by atoms with Gasteiger partial charge in [0.25, 0.3) is 0 Å². The van der Waals surface area contributed by atoms with Crippen molar-refractivity contribution < 1.29 is 14.5 Å². The van der Waals surface area contributed by atoms with Crippen LogP contribution >= 0.6 is 11.6 Å². The summed E-state index contributed by atoms with van der Waals surface area (Å²) in [7, 11) is 2.27. The lowest BCUT2D eigenvalue weighted by Crippen LogP contribution is -3.27. The smallest absolute Gasteiger partial charge is 0.137 e. The molecule has 2 N–H and O–H groups in total. The van der Waals surface area contributed by atoms with E-state index in [4.69, 9.17) is 16.3 Å². The van der Waals surface area contributed by atoms with Gasteiger partial charge in [-0.05, 0) is 29.3 Å². The van der Waals surface area contributed by atoms with Crippen molar-refractivity contribution in [3.05, 3.63) is 64.7 Å². The van der Waals surface area contributed by atoms with Gasteiger partial charge in [-0.25, -0.2) is 0 Å². The molecule has 4 heteroatoms. The highest BCUT2D eigenvalue weighted by Crippen LogP contribution is 2.25. The van der Waals surface area contributed by atoms with Crippen LogP contribution in [0.3, 0.4) is 0 Å². The second kappa shape index (κ2) is 8.52. The van der Waals surface area contributed by atoms with Gasteiger partial charge in [0.05, 0.1) is 7.05 Å². The molecule has 3 nitrogen and oxygen atoms in total. The van der Waals surface area contributed by atoms with Gasteiger partial charge in [0, 0.05) is 11.4 Å². The molecule has 0 atom stereocenters. The minimum atomic E-state index is 0.762. The summed E-state index contributed by atoms with van der Waals surface area (Å²) < 4.78 is 6.11. The van der Waals surface area contributed by atoms with Crippen molar-refractivity contribution in [3.8, 4) is 5.75 Å². The van der Waals surface area contributed by atoms with E-state index in [1.54, 1.807) is 9.80 Å². The van der Waals surface area contributed by atoms with E-state index >= 15 is 0 Å². The molecule has 0 aromatic heterocycles. The molecule has 3 rings (SSSR count). The predicted molar refractivity (Wildman–Crippen MR) is 98.4 cm³/mol. The fourth-order valence-corrected chi connectivity index (χ4v) is 3.42. The maximum Gasteiger partial charge on any atom is 0.137 e. The van der Waals surface area contributed by atoms with Crippen LogP contribution in [0.25, 0.3) is 0 Å². The molecular weight excluding hydrogens is 320 g/mol. The number of hydrogen-bond acceptors (Lipinski definition) is 1. The average Bonchev–Trinajstić information content (AvgIpc) is 2.59. The largest absolute Gasteiger partial charge is 0.487 e. The number of hydrogen-bond donors (Lipinski definition) is 2. The first-order valence-electron chi connectivity index (χ1n) is 8.81. The Labute approximate surface area is 149 Å². The van der Waals surface area contributed by atoms with E-state index in [0.29, 0.717) is 0 Å². The van der Waals surface area contributed by atoms with Crippen LogP contribution < -0.4 is 14.5 Å². The summed E-state index contributed by atoms with van der Waals surface area (Å²) in [6, 6.07) is 16.4. The second-order valence-electron chi connectivity index (χ2n) is 6.72. The van der Waals surface area contributed by atoms with Gasteiger partial charge >= 0.3 is 0 Å². The number of quaternary nitrogens is 2. The molecule has 0 saturated carbocycles. The van der Waals surface area contributed by atoms with Crippen molar-refractivity contribution in [2.45, 2.75) is 6.42 Å². The molecule has 0 amide bonds. The molecule has 1 aliphatic heterocycles. The van der Waals surface area contributed by atoms with Gasteiger partial charge in [0.15, 0.2) is 0 Å². The van der Waals surface area contributed by atoms with Gasteiger partial charge in [-0.15, -0.1) is 0 Å². The van der Waals surface area contributed by atoms with Crippen molar-refractivity contribution in [2.24, 2.45) is 0 Å². The van der Waals surface area contributed by atoms with Gasteiger partial charge in [-0.1, -0.05) is 41.9 Å². The third-order valence-electron chi connectivity index (χ3n) is 4.78. The first kappa shape index (κ1) is 17.3. The summed E-state index contributed by atoms with van der Waals surface area (Å²) in [4.78, 5) is 3.29. The van der Waals surface area contributed by atoms with Crippen LogP contribution in [0.4, 0.5) is 0 Å². The normalized spacial score (nSPS) is 20.8. The van der Waals surface area contributed by atoms with Crippen molar-refractivity contribution in [1.29, 1.82) is 0 Å². The van der Waals surface area contributed by atoms with Crippen LogP contribution in [-0.4, -0.2) is 46.4 Å². The van der Waals surface area contributed by atoms with Crippen molar-refractivity contribution in [3.63, 3.8) is 0 Å². The number of piperazine rings is 1. The zero-order valence-corrected chi connectivity index (χ0v) is 15.1. The Balaban J connectivity index is 1.58. The maximum atomic E-state index is 6.19. The van der Waals surface area contributed by atoms with Gasteiger partial charge in [0.1, 0.15) is 45.1 Å². The first-order chi connectivity index (χ1) is 11.7. The van der Waals surface area contributed by atoms with E-state index < -0.39 is 0 Å². The standard InChI is InChI=1S/C20H25ClN2O/c1-22-9-11-23(12-10-22)13-14-24-20-8-7-19(21)16-18(20)15-17-5-3-2-4-6-17/h2-8,16H,9-15H2,1H3/p+2.